The predicted molar refractivity (Wildman–Crippen MR) is 45.9 cm³/mol. The summed E-state index contributed by atoms with van der Waals surface area (Å²) in [6.07, 6.45) is -3.19. The quantitative estimate of drug-likeness (QED) is 0.766. The van der Waals surface area contributed by atoms with Gasteiger partial charge in [-0.3, -0.25) is 10.1 Å². The highest BCUT2D eigenvalue weighted by atomic mass is 19.4. The molecule has 1 rings (SSSR count). The maximum absolute atomic E-state index is 11.9. The summed E-state index contributed by atoms with van der Waals surface area (Å²) in [5.41, 5.74) is -0.871. The van der Waals surface area contributed by atoms with Gasteiger partial charge in [-0.05, 0) is 12.8 Å². The average Bonchev–Trinajstić information content (AvgIpc) is 2.79. The van der Waals surface area contributed by atoms with Gasteiger partial charge >= 0.3 is 6.18 Å². The van der Waals surface area contributed by atoms with E-state index in [1.807, 2.05) is 0 Å². The topological polar surface area (TPSA) is 29.1 Å². The fraction of sp³-hybridized carbons (Fsp3) is 0.889. The van der Waals surface area contributed by atoms with Gasteiger partial charge in [0.1, 0.15) is 0 Å². The smallest absolute Gasteiger partial charge is 0.297 e. The molecule has 1 fully saturated rings. The Bertz CT molecular complexity index is 231. The number of carbonyl (C=O) groups excluding carboxylic acids is 1. The Labute approximate surface area is 80.9 Å². The molecule has 1 N–H and O–H groups in total. The number of rotatable bonds is 4. The normalized spacial score (nSPS) is 19.9. The molecule has 0 saturated heterocycles. The number of hydrogen-bond donors (Lipinski definition) is 1. The third-order valence-corrected chi connectivity index (χ3v) is 2.37. The highest BCUT2D eigenvalue weighted by Crippen LogP contribution is 2.38. The van der Waals surface area contributed by atoms with Crippen LogP contribution in [0.15, 0.2) is 0 Å². The van der Waals surface area contributed by atoms with Gasteiger partial charge in [-0.2, -0.15) is 13.2 Å². The van der Waals surface area contributed by atoms with E-state index in [9.17, 15) is 18.0 Å². The van der Waals surface area contributed by atoms with Crippen molar-refractivity contribution in [2.24, 2.45) is 5.92 Å². The lowest BCUT2D eigenvalue weighted by atomic mass is 10.00. The second-order valence-corrected chi connectivity index (χ2v) is 4.07. The predicted octanol–water partition coefficient (Wildman–Crippen LogP) is 1.90. The van der Waals surface area contributed by atoms with Crippen molar-refractivity contribution >= 4 is 5.78 Å². The van der Waals surface area contributed by atoms with Crippen molar-refractivity contribution in [3.05, 3.63) is 0 Å². The molecular formula is C9H14F3NO. The van der Waals surface area contributed by atoms with Crippen molar-refractivity contribution in [2.45, 2.75) is 38.4 Å². The maximum atomic E-state index is 11.9. The molecule has 0 aliphatic heterocycles. The van der Waals surface area contributed by atoms with Crippen LogP contribution in [0.3, 0.4) is 0 Å². The van der Waals surface area contributed by atoms with Crippen LogP contribution >= 0.6 is 0 Å². The maximum Gasteiger partial charge on any atom is 0.401 e. The molecule has 0 radical (unpaired) electrons. The molecule has 0 aromatic heterocycles. The van der Waals surface area contributed by atoms with Crippen LogP contribution in [0.1, 0.15) is 26.7 Å². The van der Waals surface area contributed by atoms with Crippen LogP contribution in [0.2, 0.25) is 0 Å². The monoisotopic (exact) mass is 209 g/mol. The Kier molecular flexibility index (Phi) is 2.90. The first-order valence-electron chi connectivity index (χ1n) is 4.63. The van der Waals surface area contributed by atoms with Crippen molar-refractivity contribution < 1.29 is 18.0 Å². The van der Waals surface area contributed by atoms with Crippen LogP contribution in [0.25, 0.3) is 0 Å². The highest BCUT2D eigenvalue weighted by molar-refractivity contribution is 5.92. The number of nitrogens with one attached hydrogen (secondary N) is 1. The number of halogens is 3. The fourth-order valence-electron chi connectivity index (χ4n) is 1.46. The van der Waals surface area contributed by atoms with Crippen LogP contribution in [0.5, 0.6) is 0 Å². The molecule has 1 aliphatic carbocycles. The van der Waals surface area contributed by atoms with Crippen molar-refractivity contribution in [1.82, 2.24) is 5.32 Å². The van der Waals surface area contributed by atoms with Gasteiger partial charge in [-0.15, -0.1) is 0 Å². The summed E-state index contributed by atoms with van der Waals surface area (Å²) in [7, 11) is 0. The molecule has 5 heteroatoms. The lowest BCUT2D eigenvalue weighted by molar-refractivity contribution is -0.133. The molecule has 0 unspecified atom stereocenters. The zero-order chi connectivity index (χ0) is 11.0. The van der Waals surface area contributed by atoms with Gasteiger partial charge in [0, 0.05) is 5.92 Å². The lowest BCUT2D eigenvalue weighted by Gasteiger charge is -2.19. The summed E-state index contributed by atoms with van der Waals surface area (Å²) < 4.78 is 35.7. The molecule has 2 nitrogen and oxygen atoms in total. The van der Waals surface area contributed by atoms with E-state index >= 15 is 0 Å². The highest BCUT2D eigenvalue weighted by Gasteiger charge is 2.51. The Hall–Kier alpha value is -0.580. The van der Waals surface area contributed by atoms with E-state index in [-0.39, 0.29) is 11.7 Å². The standard InChI is InChI=1S/C9H14F3NO/c1-6(2)7(14)8(3-4-8)13-5-9(10,11)12/h6,13H,3-5H2,1-2H3. The van der Waals surface area contributed by atoms with Crippen molar-refractivity contribution in [3.63, 3.8) is 0 Å². The lowest BCUT2D eigenvalue weighted by Crippen LogP contribution is -2.45. The molecule has 1 saturated carbocycles. The minimum Gasteiger partial charge on any atom is -0.297 e. The van der Waals surface area contributed by atoms with Gasteiger partial charge in [0.15, 0.2) is 5.78 Å². The van der Waals surface area contributed by atoms with Gasteiger partial charge < -0.3 is 0 Å². The molecule has 0 bridgehead atoms. The molecule has 0 heterocycles. The Morgan fingerprint density at radius 2 is 1.93 bits per heavy atom. The number of hydrogen-bond acceptors (Lipinski definition) is 2. The van der Waals surface area contributed by atoms with E-state index in [1.54, 1.807) is 13.8 Å². The number of ketones is 1. The molecule has 1 aliphatic rings. The molecule has 0 aromatic rings. The Balaban J connectivity index is 2.48. The van der Waals surface area contributed by atoms with E-state index < -0.39 is 18.3 Å². The van der Waals surface area contributed by atoms with Gasteiger partial charge in [0.25, 0.3) is 0 Å². The summed E-state index contributed by atoms with van der Waals surface area (Å²) in [6, 6.07) is 0. The minimum absolute atomic E-state index is 0.109. The van der Waals surface area contributed by atoms with E-state index in [0.29, 0.717) is 12.8 Å². The Morgan fingerprint density at radius 3 is 2.21 bits per heavy atom. The van der Waals surface area contributed by atoms with Crippen molar-refractivity contribution in [3.8, 4) is 0 Å². The Morgan fingerprint density at radius 1 is 1.43 bits per heavy atom. The van der Waals surface area contributed by atoms with Crippen LogP contribution in [-0.4, -0.2) is 24.0 Å². The number of alkyl halides is 3. The second kappa shape index (κ2) is 3.53. The van der Waals surface area contributed by atoms with Crippen LogP contribution in [0.4, 0.5) is 13.2 Å². The zero-order valence-corrected chi connectivity index (χ0v) is 8.24. The molecule has 0 atom stereocenters. The first kappa shape index (κ1) is 11.5. The van der Waals surface area contributed by atoms with Crippen molar-refractivity contribution in [1.29, 1.82) is 0 Å². The van der Waals surface area contributed by atoms with Crippen LogP contribution < -0.4 is 5.32 Å². The van der Waals surface area contributed by atoms with E-state index in [0.717, 1.165) is 0 Å². The molecule has 14 heavy (non-hydrogen) atoms. The second-order valence-electron chi connectivity index (χ2n) is 4.07. The van der Waals surface area contributed by atoms with Crippen LogP contribution in [-0.2, 0) is 4.79 Å². The first-order chi connectivity index (χ1) is 6.27. The number of carbonyl (C=O) groups is 1. The average molecular weight is 209 g/mol. The largest absolute Gasteiger partial charge is 0.401 e. The summed E-state index contributed by atoms with van der Waals surface area (Å²) in [4.78, 5) is 11.5. The third-order valence-electron chi connectivity index (χ3n) is 2.37. The molecule has 0 spiro atoms. The summed E-state index contributed by atoms with van der Waals surface area (Å²) >= 11 is 0. The van der Waals surface area contributed by atoms with Crippen LogP contribution in [0, 0.1) is 5.92 Å². The van der Waals surface area contributed by atoms with Gasteiger partial charge in [0.05, 0.1) is 12.1 Å². The zero-order valence-electron chi connectivity index (χ0n) is 8.24. The minimum atomic E-state index is -4.24. The SMILES string of the molecule is CC(C)C(=O)C1(NCC(F)(F)F)CC1. The summed E-state index contributed by atoms with van der Waals surface area (Å²) in [5.74, 6) is -0.319. The van der Waals surface area contributed by atoms with Crippen molar-refractivity contribution in [2.75, 3.05) is 6.54 Å². The van der Waals surface area contributed by atoms with E-state index in [1.165, 1.54) is 0 Å². The molecule has 82 valence electrons. The van der Waals surface area contributed by atoms with Gasteiger partial charge in [-0.25, -0.2) is 0 Å². The molecular weight excluding hydrogens is 195 g/mol. The van der Waals surface area contributed by atoms with E-state index in [2.05, 4.69) is 5.32 Å². The summed E-state index contributed by atoms with van der Waals surface area (Å²) in [6.45, 7) is 2.33. The first-order valence-corrected chi connectivity index (χ1v) is 4.63. The summed E-state index contributed by atoms with van der Waals surface area (Å²) in [5, 5.41) is 2.32. The number of Topliss-reactive ketones (excluding diaryl/α,β-unsaturated/α-hetero) is 1. The fourth-order valence-corrected chi connectivity index (χ4v) is 1.46. The van der Waals surface area contributed by atoms with Gasteiger partial charge in [0.2, 0.25) is 0 Å². The van der Waals surface area contributed by atoms with E-state index in [4.69, 9.17) is 0 Å². The third kappa shape index (κ3) is 2.70. The molecule has 0 amide bonds. The molecule has 0 aromatic carbocycles. The van der Waals surface area contributed by atoms with Gasteiger partial charge in [-0.1, -0.05) is 13.8 Å².